The first-order valence-electron chi connectivity index (χ1n) is 12.0. The van der Waals surface area contributed by atoms with Crippen LogP contribution in [0.25, 0.3) is 0 Å². The van der Waals surface area contributed by atoms with Gasteiger partial charge in [0.25, 0.3) is 11.7 Å². The van der Waals surface area contributed by atoms with Crippen LogP contribution in [-0.2, 0) is 4.79 Å². The lowest BCUT2D eigenvalue weighted by Crippen LogP contribution is -2.54. The van der Waals surface area contributed by atoms with Crippen LogP contribution in [0.4, 0.5) is 18.9 Å². The fourth-order valence-electron chi connectivity index (χ4n) is 3.78. The van der Waals surface area contributed by atoms with Crippen molar-refractivity contribution in [2.75, 3.05) is 11.9 Å². The number of amides is 1. The Labute approximate surface area is 208 Å². The van der Waals surface area contributed by atoms with Gasteiger partial charge in [0, 0.05) is 18.2 Å². The molecule has 0 radical (unpaired) electrons. The number of anilines is 1. The minimum absolute atomic E-state index is 0.0268. The summed E-state index contributed by atoms with van der Waals surface area (Å²) >= 11 is 0. The number of alkyl halides is 3. The quantitative estimate of drug-likeness (QED) is 0.238. The molecule has 2 unspecified atom stereocenters. The monoisotopic (exact) mass is 508 g/mol. The van der Waals surface area contributed by atoms with Crippen LogP contribution in [0.15, 0.2) is 42.5 Å². The maximum atomic E-state index is 14.4. The molecular weight excluding hydrogens is 477 g/mol. The fourth-order valence-corrected chi connectivity index (χ4v) is 3.78. The average molecular weight is 509 g/mol. The molecule has 7 nitrogen and oxygen atoms in total. The molecule has 0 bridgehead atoms. The van der Waals surface area contributed by atoms with Crippen LogP contribution in [0.1, 0.15) is 74.4 Å². The molecule has 0 saturated heterocycles. The third-order valence-electron chi connectivity index (χ3n) is 5.87. The van der Waals surface area contributed by atoms with Crippen molar-refractivity contribution in [3.8, 4) is 11.5 Å². The van der Waals surface area contributed by atoms with Gasteiger partial charge in [0.2, 0.25) is 0 Å². The van der Waals surface area contributed by atoms with E-state index in [0.717, 1.165) is 31.2 Å². The highest BCUT2D eigenvalue weighted by atomic mass is 19.3. The van der Waals surface area contributed by atoms with Crippen molar-refractivity contribution in [1.29, 1.82) is 0 Å². The Morgan fingerprint density at radius 2 is 1.83 bits per heavy atom. The summed E-state index contributed by atoms with van der Waals surface area (Å²) in [6.45, 7) is 2.84. The third kappa shape index (κ3) is 6.83. The summed E-state index contributed by atoms with van der Waals surface area (Å²) in [5.74, 6) is -4.29. The molecule has 0 aromatic heterocycles. The molecule has 0 aliphatic carbocycles. The predicted octanol–water partition coefficient (Wildman–Crippen LogP) is 6.06. The maximum Gasteiger partial charge on any atom is 0.452 e. The number of carboxylic acids is 1. The summed E-state index contributed by atoms with van der Waals surface area (Å²) in [6.07, 6.45) is 0.123. The van der Waals surface area contributed by atoms with Gasteiger partial charge in [-0.15, -0.1) is 0 Å². The van der Waals surface area contributed by atoms with Crippen molar-refractivity contribution in [1.82, 2.24) is 5.32 Å². The summed E-state index contributed by atoms with van der Waals surface area (Å²) < 4.78 is 52.8. The number of carbonyl (C=O) groups excluding carboxylic acids is 1. The Balaban J connectivity index is 1.75. The molecule has 3 N–H and O–H groups in total. The van der Waals surface area contributed by atoms with E-state index in [4.69, 9.17) is 9.84 Å². The molecule has 0 saturated carbocycles. The van der Waals surface area contributed by atoms with Crippen LogP contribution in [-0.4, -0.2) is 35.4 Å². The van der Waals surface area contributed by atoms with Crippen molar-refractivity contribution >= 4 is 17.6 Å². The molecule has 2 atom stereocenters. The van der Waals surface area contributed by atoms with Gasteiger partial charge in [-0.2, -0.15) is 8.78 Å². The predicted molar refractivity (Wildman–Crippen MR) is 128 cm³/mol. The molecule has 0 spiro atoms. The van der Waals surface area contributed by atoms with Gasteiger partial charge in [-0.25, -0.2) is 4.39 Å². The Morgan fingerprint density at radius 3 is 2.50 bits per heavy atom. The zero-order valence-corrected chi connectivity index (χ0v) is 20.3. The van der Waals surface area contributed by atoms with E-state index < -0.39 is 24.0 Å². The lowest BCUT2D eigenvalue weighted by atomic mass is 10.0. The molecule has 3 rings (SSSR count). The van der Waals surface area contributed by atoms with Gasteiger partial charge in [0.15, 0.2) is 0 Å². The van der Waals surface area contributed by atoms with E-state index in [0.29, 0.717) is 24.7 Å². The highest BCUT2D eigenvalue weighted by molar-refractivity contribution is 5.94. The Bertz CT molecular complexity index is 1060. The van der Waals surface area contributed by atoms with Gasteiger partial charge >= 0.3 is 12.1 Å². The number of fused-ring (bicyclic) bond motifs is 1. The Kier molecular flexibility index (Phi) is 8.70. The first-order chi connectivity index (χ1) is 17.0. The second kappa shape index (κ2) is 11.5. The number of unbranched alkanes of at least 4 members (excludes halogenated alkanes) is 3. The molecule has 10 heteroatoms. The fraction of sp³-hybridized carbons (Fsp3) is 0.462. The number of carbonyl (C=O) groups is 2. The molecule has 2 aromatic rings. The molecule has 0 fully saturated rings. The van der Waals surface area contributed by atoms with Crippen molar-refractivity contribution in [2.24, 2.45) is 0 Å². The number of halogens is 3. The zero-order chi connectivity index (χ0) is 26.3. The largest absolute Gasteiger partial charge is 0.486 e. The molecule has 1 heterocycles. The molecule has 196 valence electrons. The number of hydrogen-bond acceptors (Lipinski definition) is 5. The van der Waals surface area contributed by atoms with Gasteiger partial charge in [-0.3, -0.25) is 9.59 Å². The lowest BCUT2D eigenvalue weighted by molar-refractivity contribution is -0.253. The first-order valence-corrected chi connectivity index (χ1v) is 12.0. The van der Waals surface area contributed by atoms with Gasteiger partial charge in [0.1, 0.15) is 17.6 Å². The normalized spacial score (nSPS) is 18.8. The number of benzene rings is 2. The van der Waals surface area contributed by atoms with Crippen LogP contribution in [0, 0.1) is 0 Å². The Morgan fingerprint density at radius 1 is 1.11 bits per heavy atom. The van der Waals surface area contributed by atoms with Gasteiger partial charge < -0.3 is 25.2 Å². The number of ether oxygens (including phenoxy) is 2. The summed E-state index contributed by atoms with van der Waals surface area (Å²) in [5, 5.41) is 13.4. The summed E-state index contributed by atoms with van der Waals surface area (Å²) in [5.41, 5.74) is 1.24. The van der Waals surface area contributed by atoms with Gasteiger partial charge in [-0.05, 0) is 49.6 Å². The van der Waals surface area contributed by atoms with Crippen molar-refractivity contribution in [3.63, 3.8) is 0 Å². The topological polar surface area (TPSA) is 96.9 Å². The highest BCUT2D eigenvalue weighted by Gasteiger charge is 2.57. The van der Waals surface area contributed by atoms with E-state index in [9.17, 15) is 22.8 Å². The molecule has 2 aromatic carbocycles. The molecule has 36 heavy (non-hydrogen) atoms. The van der Waals surface area contributed by atoms with Gasteiger partial charge in [-0.1, -0.05) is 38.3 Å². The van der Waals surface area contributed by atoms with E-state index in [1.165, 1.54) is 18.2 Å². The van der Waals surface area contributed by atoms with E-state index in [2.05, 4.69) is 22.3 Å². The smallest absolute Gasteiger partial charge is 0.452 e. The molecule has 1 amide bonds. The zero-order valence-electron chi connectivity index (χ0n) is 20.3. The van der Waals surface area contributed by atoms with Crippen LogP contribution in [0.5, 0.6) is 11.5 Å². The number of rotatable bonds is 12. The van der Waals surface area contributed by atoms with E-state index in [1.54, 1.807) is 24.3 Å². The van der Waals surface area contributed by atoms with Crippen molar-refractivity contribution in [3.05, 3.63) is 53.6 Å². The lowest BCUT2D eigenvalue weighted by Gasteiger charge is -2.36. The van der Waals surface area contributed by atoms with Crippen LogP contribution in [0.3, 0.4) is 0 Å². The minimum Gasteiger partial charge on any atom is -0.486 e. The molecule has 1 aliphatic heterocycles. The maximum absolute atomic E-state index is 14.4. The number of carboxylic acid groups (broad SMARTS) is 1. The van der Waals surface area contributed by atoms with E-state index in [-0.39, 0.29) is 30.3 Å². The highest BCUT2D eigenvalue weighted by Crippen LogP contribution is 2.45. The number of aliphatic carboxylic acids is 1. The third-order valence-corrected chi connectivity index (χ3v) is 5.87. The first kappa shape index (κ1) is 27.2. The van der Waals surface area contributed by atoms with Crippen LogP contribution >= 0.6 is 0 Å². The van der Waals surface area contributed by atoms with E-state index >= 15 is 0 Å². The number of hydrogen-bond donors (Lipinski definition) is 3. The Hall–Kier alpha value is -3.43. The van der Waals surface area contributed by atoms with Crippen molar-refractivity contribution < 1.29 is 37.3 Å². The summed E-state index contributed by atoms with van der Waals surface area (Å²) in [7, 11) is 0. The second-order valence-corrected chi connectivity index (χ2v) is 8.88. The van der Waals surface area contributed by atoms with Gasteiger partial charge in [0.05, 0.1) is 12.1 Å². The summed E-state index contributed by atoms with van der Waals surface area (Å²) in [6, 6.07) is 11.0. The van der Waals surface area contributed by atoms with Crippen molar-refractivity contribution in [2.45, 2.75) is 70.4 Å². The van der Waals surface area contributed by atoms with E-state index in [1.807, 2.05) is 0 Å². The SMILES string of the molecule is CCCCCCC(Oc1ccc2c(c1)NC(C)(F)C(F)(F)O2)c1ccc(C(=O)NCCC(=O)O)cc1. The number of nitrogens with one attached hydrogen (secondary N) is 2. The molecular formula is C26H31F3N2O5. The second-order valence-electron chi connectivity index (χ2n) is 8.88. The summed E-state index contributed by atoms with van der Waals surface area (Å²) in [4.78, 5) is 22.9. The van der Waals surface area contributed by atoms with Crippen LogP contribution in [0.2, 0.25) is 0 Å². The standard InChI is InChI=1S/C26H31F3N2O5/c1-3-4-5-6-7-21(17-8-10-18(11-9-17)24(34)30-15-14-23(32)33)35-19-12-13-22-20(16-19)31-25(2,27)26(28,29)36-22/h8-13,16,21,31H,3-7,14-15H2,1-2H3,(H,30,34)(H,32,33). The van der Waals surface area contributed by atoms with Crippen LogP contribution < -0.4 is 20.1 Å². The molecule has 1 aliphatic rings. The average Bonchev–Trinajstić information content (AvgIpc) is 2.81. The minimum atomic E-state index is -4.02.